The van der Waals surface area contributed by atoms with Crippen molar-refractivity contribution in [3.8, 4) is 0 Å². The maximum atomic E-state index is 12.8. The number of nitrogens with zero attached hydrogens (tertiary/aromatic N) is 5. The van der Waals surface area contributed by atoms with Crippen molar-refractivity contribution >= 4 is 23.7 Å². The van der Waals surface area contributed by atoms with Crippen LogP contribution in [-0.4, -0.2) is 49.5 Å². The van der Waals surface area contributed by atoms with Crippen LogP contribution in [0.2, 0.25) is 0 Å². The predicted octanol–water partition coefficient (Wildman–Crippen LogP) is 3.18. The van der Waals surface area contributed by atoms with Crippen LogP contribution in [0.4, 0.5) is 32.3 Å². The number of carbonyl (C=O) groups is 2. The molecule has 0 aromatic carbocycles. The Kier molecular flexibility index (Phi) is 7.96. The van der Waals surface area contributed by atoms with Crippen LogP contribution in [0.15, 0.2) is 24.8 Å². The van der Waals surface area contributed by atoms with Gasteiger partial charge in [-0.15, -0.1) is 0 Å². The van der Waals surface area contributed by atoms with Gasteiger partial charge in [0.15, 0.2) is 11.4 Å². The molecule has 3 aromatic rings. The average molecular weight is 494 g/mol. The third kappa shape index (κ3) is 6.29. The Bertz CT molecular complexity index is 1180. The molecule has 2 N–H and O–H groups in total. The van der Waals surface area contributed by atoms with Crippen LogP contribution in [0.3, 0.4) is 0 Å². The Morgan fingerprint density at radius 2 is 1.44 bits per heavy atom. The molecule has 0 aliphatic rings. The number of alkyl halides is 6. The van der Waals surface area contributed by atoms with Gasteiger partial charge < -0.3 is 15.2 Å². The predicted molar refractivity (Wildman–Crippen MR) is 101 cm³/mol. The molecule has 0 atom stereocenters. The lowest BCUT2D eigenvalue weighted by atomic mass is 10.2. The first-order chi connectivity index (χ1) is 15.8. The van der Waals surface area contributed by atoms with Crippen molar-refractivity contribution < 1.29 is 45.4 Å². The van der Waals surface area contributed by atoms with E-state index in [-0.39, 0.29) is 19.0 Å². The van der Waals surface area contributed by atoms with E-state index in [2.05, 4.69) is 29.4 Å². The summed E-state index contributed by atoms with van der Waals surface area (Å²) in [5.74, 6) is -2.88. The highest BCUT2D eigenvalue weighted by atomic mass is 19.4. The summed E-state index contributed by atoms with van der Waals surface area (Å²) < 4.78 is 86.0. The molecular weight excluding hydrogens is 478 g/mol. The minimum atomic E-state index is -4.78. The zero-order valence-electron chi connectivity index (χ0n) is 17.4. The van der Waals surface area contributed by atoms with Gasteiger partial charge in [0.1, 0.15) is 11.1 Å². The Hall–Kier alpha value is -3.98. The average Bonchev–Trinajstić information content (AvgIpc) is 3.20. The molecule has 0 fully saturated rings. The highest BCUT2D eigenvalue weighted by Gasteiger charge is 2.39. The summed E-state index contributed by atoms with van der Waals surface area (Å²) in [7, 11) is 0. The molecule has 0 amide bonds. The van der Waals surface area contributed by atoms with Crippen LogP contribution in [0, 0.1) is 0 Å². The van der Waals surface area contributed by atoms with E-state index in [0.29, 0.717) is 6.20 Å². The van der Waals surface area contributed by atoms with Crippen molar-refractivity contribution in [2.24, 2.45) is 0 Å². The number of aromatic nitrogens is 5. The molecule has 3 aromatic heterocycles. The smallest absolute Gasteiger partial charge is 0.434 e. The summed E-state index contributed by atoms with van der Waals surface area (Å²) in [5.41, 5.74) is 0.965. The van der Waals surface area contributed by atoms with E-state index in [1.807, 2.05) is 0 Å². The first-order valence-electron chi connectivity index (χ1n) is 9.24. The Balaban J connectivity index is 0.000000242. The number of nitrogen functional groups attached to an aromatic ring is 1. The minimum absolute atomic E-state index is 0.0158. The summed E-state index contributed by atoms with van der Waals surface area (Å²) in [6.45, 7) is 2.93. The lowest BCUT2D eigenvalue weighted by Crippen LogP contribution is -2.19. The molecule has 0 aliphatic carbocycles. The summed E-state index contributed by atoms with van der Waals surface area (Å²) >= 11 is 0. The molecule has 34 heavy (non-hydrogen) atoms. The van der Waals surface area contributed by atoms with E-state index in [1.54, 1.807) is 0 Å². The number of nitrogens with two attached hydrogens (primary N) is 1. The summed E-state index contributed by atoms with van der Waals surface area (Å²) in [6, 6.07) is 0. The third-order valence-electron chi connectivity index (χ3n) is 3.72. The number of hydrogen-bond donors (Lipinski definition) is 1. The number of esters is 2. The van der Waals surface area contributed by atoms with Crippen LogP contribution in [0.5, 0.6) is 0 Å². The molecule has 3 heterocycles. The molecule has 0 saturated heterocycles. The molecule has 0 unspecified atom stereocenters. The maximum absolute atomic E-state index is 12.8. The number of halogens is 6. The van der Waals surface area contributed by atoms with E-state index in [0.717, 1.165) is 6.20 Å². The number of ether oxygens (including phenoxy) is 2. The largest absolute Gasteiger partial charge is 0.462 e. The van der Waals surface area contributed by atoms with Crippen LogP contribution < -0.4 is 5.73 Å². The summed E-state index contributed by atoms with van der Waals surface area (Å²) in [5, 5.41) is 0. The number of rotatable bonds is 4. The van der Waals surface area contributed by atoms with Crippen molar-refractivity contribution in [2.45, 2.75) is 26.2 Å². The number of carbonyl (C=O) groups excluding carboxylic acids is 2. The van der Waals surface area contributed by atoms with Crippen molar-refractivity contribution in [3.63, 3.8) is 0 Å². The normalized spacial score (nSPS) is 11.5. The molecule has 184 valence electrons. The van der Waals surface area contributed by atoms with Crippen LogP contribution in [0.1, 0.15) is 46.0 Å². The third-order valence-corrected chi connectivity index (χ3v) is 3.72. The first-order valence-corrected chi connectivity index (χ1v) is 9.24. The monoisotopic (exact) mass is 494 g/mol. The highest BCUT2D eigenvalue weighted by Crippen LogP contribution is 2.31. The van der Waals surface area contributed by atoms with Crippen molar-refractivity contribution in [1.29, 1.82) is 0 Å². The van der Waals surface area contributed by atoms with E-state index < -0.39 is 52.8 Å². The van der Waals surface area contributed by atoms with Gasteiger partial charge in [-0.1, -0.05) is 0 Å². The van der Waals surface area contributed by atoms with E-state index in [9.17, 15) is 35.9 Å². The fourth-order valence-corrected chi connectivity index (χ4v) is 2.40. The molecule has 0 aliphatic heterocycles. The lowest BCUT2D eigenvalue weighted by Gasteiger charge is -2.11. The Morgan fingerprint density at radius 3 is 1.97 bits per heavy atom. The molecular formula is C18H16F6N6O4. The van der Waals surface area contributed by atoms with Gasteiger partial charge in [-0.3, -0.25) is 4.40 Å². The zero-order chi connectivity index (χ0) is 25.7. The van der Waals surface area contributed by atoms with Crippen LogP contribution >= 0.6 is 0 Å². The minimum Gasteiger partial charge on any atom is -0.462 e. The molecule has 0 radical (unpaired) electrons. The summed E-state index contributed by atoms with van der Waals surface area (Å²) in [4.78, 5) is 35.9. The van der Waals surface area contributed by atoms with Crippen LogP contribution in [-0.2, 0) is 21.8 Å². The van der Waals surface area contributed by atoms with E-state index in [4.69, 9.17) is 5.73 Å². The van der Waals surface area contributed by atoms with Gasteiger partial charge in [-0.25, -0.2) is 29.5 Å². The van der Waals surface area contributed by atoms with E-state index >= 15 is 0 Å². The SMILES string of the molecule is CCOC(=O)c1cn2ccnc2nc1C(F)(F)F.CCOC(=O)c1cnc(N)nc1C(F)(F)F. The topological polar surface area (TPSA) is 135 Å². The van der Waals surface area contributed by atoms with Gasteiger partial charge in [-0.05, 0) is 13.8 Å². The van der Waals surface area contributed by atoms with Crippen molar-refractivity contribution in [2.75, 3.05) is 18.9 Å². The van der Waals surface area contributed by atoms with Gasteiger partial charge in [0.25, 0.3) is 0 Å². The molecule has 16 heteroatoms. The van der Waals surface area contributed by atoms with E-state index in [1.165, 1.54) is 30.6 Å². The highest BCUT2D eigenvalue weighted by molar-refractivity contribution is 5.91. The molecule has 0 spiro atoms. The molecule has 0 bridgehead atoms. The summed E-state index contributed by atoms with van der Waals surface area (Å²) in [6.07, 6.45) is -5.13. The maximum Gasteiger partial charge on any atom is 0.434 e. The lowest BCUT2D eigenvalue weighted by molar-refractivity contribution is -0.142. The fraction of sp³-hybridized carbons (Fsp3) is 0.333. The van der Waals surface area contributed by atoms with Gasteiger partial charge in [0, 0.05) is 24.8 Å². The zero-order valence-corrected chi connectivity index (χ0v) is 17.4. The van der Waals surface area contributed by atoms with Gasteiger partial charge >= 0.3 is 24.3 Å². The second-order valence-corrected chi connectivity index (χ2v) is 6.06. The standard InChI is InChI=1S/C10H8F3N3O2.C8H8F3N3O2/c1-2-18-8(17)6-5-16-4-3-14-9(16)15-7(6)10(11,12)13;1-2-16-6(15)4-3-13-7(12)14-5(4)8(9,10)11/h3-5H,2H2,1H3;3H,2H2,1H3,(H2,12,13,14). The quantitative estimate of drug-likeness (QED) is 0.429. The van der Waals surface area contributed by atoms with Crippen LogP contribution in [0.25, 0.3) is 5.78 Å². The van der Waals surface area contributed by atoms with Crippen molar-refractivity contribution in [1.82, 2.24) is 24.3 Å². The van der Waals surface area contributed by atoms with Gasteiger partial charge in [-0.2, -0.15) is 26.3 Å². The molecule has 3 rings (SSSR count). The second-order valence-electron chi connectivity index (χ2n) is 6.06. The Labute approximate surface area is 186 Å². The fourth-order valence-electron chi connectivity index (χ4n) is 2.40. The number of imidazole rings is 1. The number of anilines is 1. The Morgan fingerprint density at radius 1 is 0.912 bits per heavy atom. The molecule has 0 saturated carbocycles. The second kappa shape index (κ2) is 10.3. The molecule has 10 nitrogen and oxygen atoms in total. The number of fused-ring (bicyclic) bond motifs is 1. The first kappa shape index (κ1) is 26.3. The van der Waals surface area contributed by atoms with Gasteiger partial charge in [0.2, 0.25) is 11.7 Å². The van der Waals surface area contributed by atoms with Gasteiger partial charge in [0.05, 0.1) is 13.2 Å². The van der Waals surface area contributed by atoms with Crippen molar-refractivity contribution in [3.05, 3.63) is 47.3 Å². The number of hydrogen-bond acceptors (Lipinski definition) is 9.